The lowest BCUT2D eigenvalue weighted by atomic mass is 10.1. The molecule has 1 heterocycles. The fourth-order valence-electron chi connectivity index (χ4n) is 3.28. The number of nitrogens with zero attached hydrogens (tertiary/aromatic N) is 2. The second-order valence-electron chi connectivity index (χ2n) is 7.30. The molecule has 0 saturated heterocycles. The van der Waals surface area contributed by atoms with Crippen molar-refractivity contribution in [3.63, 3.8) is 0 Å². The minimum atomic E-state index is -0.202. The molecule has 0 atom stereocenters. The molecule has 0 amide bonds. The Balaban J connectivity index is 1.95. The van der Waals surface area contributed by atoms with Crippen molar-refractivity contribution in [2.24, 2.45) is 0 Å². The molecule has 0 aliphatic rings. The van der Waals surface area contributed by atoms with E-state index in [-0.39, 0.29) is 12.4 Å². The van der Waals surface area contributed by atoms with Gasteiger partial charge in [0, 0.05) is 50.2 Å². The highest BCUT2D eigenvalue weighted by Gasteiger charge is 2.11. The van der Waals surface area contributed by atoms with E-state index in [1.807, 2.05) is 20.0 Å². The Morgan fingerprint density at radius 2 is 1.96 bits per heavy atom. The largest absolute Gasteiger partial charge is 0.395 e. The molecule has 148 valence electrons. The molecule has 2 aromatic rings. The predicted molar refractivity (Wildman–Crippen MR) is 109 cm³/mol. The van der Waals surface area contributed by atoms with Gasteiger partial charge in [0.05, 0.1) is 6.61 Å². The molecule has 2 N–H and O–H groups in total. The van der Waals surface area contributed by atoms with Crippen LogP contribution in [0.5, 0.6) is 0 Å². The number of nitrogens with one attached hydrogen (secondary N) is 1. The second kappa shape index (κ2) is 9.72. The van der Waals surface area contributed by atoms with E-state index in [1.54, 1.807) is 6.07 Å². The number of aliphatic hydroxyl groups excluding tert-OH is 1. The summed E-state index contributed by atoms with van der Waals surface area (Å²) in [5, 5.41) is 12.4. The van der Waals surface area contributed by atoms with E-state index >= 15 is 0 Å². The second-order valence-corrected chi connectivity index (χ2v) is 7.30. The van der Waals surface area contributed by atoms with Gasteiger partial charge in [-0.2, -0.15) is 0 Å². The monoisotopic (exact) mass is 373 g/mol. The molecule has 0 aliphatic heterocycles. The van der Waals surface area contributed by atoms with Gasteiger partial charge in [0.15, 0.2) is 0 Å². The van der Waals surface area contributed by atoms with Crippen molar-refractivity contribution in [2.45, 2.75) is 40.3 Å². The highest BCUT2D eigenvalue weighted by atomic mass is 19.1. The van der Waals surface area contributed by atoms with Crippen molar-refractivity contribution in [1.29, 1.82) is 0 Å². The minimum Gasteiger partial charge on any atom is -0.395 e. The van der Waals surface area contributed by atoms with E-state index < -0.39 is 0 Å². The summed E-state index contributed by atoms with van der Waals surface area (Å²) < 4.78 is 15.5. The number of aryl methyl sites for hydroxylation is 2. The van der Waals surface area contributed by atoms with Crippen LogP contribution in [0.2, 0.25) is 0 Å². The van der Waals surface area contributed by atoms with Crippen molar-refractivity contribution in [3.8, 4) is 0 Å². The molecule has 0 unspecified atom stereocenters. The SMILES string of the molecule is C=C(Cc1c(C)cn(CCN(C)CCO)c1C)NCc1ccc(F)cc1C. The first-order chi connectivity index (χ1) is 12.8. The van der Waals surface area contributed by atoms with Crippen LogP contribution in [0.4, 0.5) is 4.39 Å². The predicted octanol–water partition coefficient (Wildman–Crippen LogP) is 3.32. The van der Waals surface area contributed by atoms with Gasteiger partial charge in [-0.1, -0.05) is 12.6 Å². The normalized spacial score (nSPS) is 11.2. The number of likely N-dealkylation sites (N-methyl/N-ethyl adjacent to an activating group) is 1. The third-order valence-electron chi connectivity index (χ3n) is 5.12. The number of halogens is 1. The summed E-state index contributed by atoms with van der Waals surface area (Å²) in [5.74, 6) is -0.202. The number of aromatic nitrogens is 1. The summed E-state index contributed by atoms with van der Waals surface area (Å²) in [6.45, 7) is 13.7. The van der Waals surface area contributed by atoms with Crippen LogP contribution in [0.1, 0.15) is 27.9 Å². The number of aliphatic hydroxyl groups is 1. The summed E-state index contributed by atoms with van der Waals surface area (Å²) in [6, 6.07) is 4.87. The minimum absolute atomic E-state index is 0.185. The standard InChI is InChI=1S/C22H32FN3O/c1-16-12-21(23)7-6-20(16)14-24-18(3)13-22-17(2)15-26(19(22)4)9-8-25(5)10-11-27/h6-7,12,15,24,27H,3,8-11,13-14H2,1-2,4-5H3. The Hall–Kier alpha value is -2.11. The molecular formula is C22H32FN3O. The topological polar surface area (TPSA) is 40.4 Å². The van der Waals surface area contributed by atoms with Crippen LogP contribution >= 0.6 is 0 Å². The molecule has 4 nitrogen and oxygen atoms in total. The Morgan fingerprint density at radius 1 is 1.22 bits per heavy atom. The summed E-state index contributed by atoms with van der Waals surface area (Å²) in [4.78, 5) is 2.12. The number of allylic oxidation sites excluding steroid dienone is 1. The fourth-order valence-corrected chi connectivity index (χ4v) is 3.28. The third kappa shape index (κ3) is 5.94. The average molecular weight is 374 g/mol. The van der Waals surface area contributed by atoms with Crippen LogP contribution < -0.4 is 5.32 Å². The van der Waals surface area contributed by atoms with Crippen molar-refractivity contribution < 1.29 is 9.50 Å². The quantitative estimate of drug-likeness (QED) is 0.671. The van der Waals surface area contributed by atoms with Gasteiger partial charge in [-0.3, -0.25) is 0 Å². The van der Waals surface area contributed by atoms with Crippen LogP contribution in [0.3, 0.4) is 0 Å². The number of hydrogen-bond acceptors (Lipinski definition) is 3. The summed E-state index contributed by atoms with van der Waals surface area (Å²) in [5.41, 5.74) is 6.80. The Morgan fingerprint density at radius 3 is 2.63 bits per heavy atom. The maximum atomic E-state index is 13.2. The molecule has 0 fully saturated rings. The summed E-state index contributed by atoms with van der Waals surface area (Å²) >= 11 is 0. The Labute approximate surface area is 162 Å². The first kappa shape index (κ1) is 21.2. The van der Waals surface area contributed by atoms with E-state index in [9.17, 15) is 4.39 Å². The number of benzene rings is 1. The molecule has 0 saturated carbocycles. The molecule has 0 radical (unpaired) electrons. The van der Waals surface area contributed by atoms with E-state index in [4.69, 9.17) is 5.11 Å². The molecule has 1 aromatic heterocycles. The van der Waals surface area contributed by atoms with Gasteiger partial charge < -0.3 is 19.9 Å². The van der Waals surface area contributed by atoms with Crippen molar-refractivity contribution >= 4 is 0 Å². The van der Waals surface area contributed by atoms with Crippen LogP contribution in [-0.4, -0.2) is 41.3 Å². The van der Waals surface area contributed by atoms with Gasteiger partial charge in [-0.15, -0.1) is 0 Å². The van der Waals surface area contributed by atoms with E-state index in [1.165, 1.54) is 22.9 Å². The number of hydrogen-bond donors (Lipinski definition) is 2. The lowest BCUT2D eigenvalue weighted by molar-refractivity contribution is 0.217. The Kier molecular flexibility index (Phi) is 7.63. The molecular weight excluding hydrogens is 341 g/mol. The van der Waals surface area contributed by atoms with Gasteiger partial charge in [-0.05, 0) is 62.2 Å². The highest BCUT2D eigenvalue weighted by Crippen LogP contribution is 2.19. The molecule has 0 bridgehead atoms. The van der Waals surface area contributed by atoms with Gasteiger partial charge in [-0.25, -0.2) is 4.39 Å². The molecule has 0 spiro atoms. The summed E-state index contributed by atoms with van der Waals surface area (Å²) in [6.07, 6.45) is 2.96. The van der Waals surface area contributed by atoms with Gasteiger partial charge >= 0.3 is 0 Å². The lowest BCUT2D eigenvalue weighted by Gasteiger charge is -2.16. The maximum Gasteiger partial charge on any atom is 0.123 e. The lowest BCUT2D eigenvalue weighted by Crippen LogP contribution is -2.26. The van der Waals surface area contributed by atoms with E-state index in [0.717, 1.165) is 36.3 Å². The van der Waals surface area contributed by atoms with Crippen LogP contribution in [-0.2, 0) is 19.5 Å². The molecule has 0 aliphatic carbocycles. The number of rotatable bonds is 10. The summed E-state index contributed by atoms with van der Waals surface area (Å²) in [7, 11) is 2.02. The van der Waals surface area contributed by atoms with Crippen LogP contribution in [0.15, 0.2) is 36.7 Å². The Bertz CT molecular complexity index is 782. The van der Waals surface area contributed by atoms with Crippen LogP contribution in [0, 0.1) is 26.6 Å². The zero-order valence-corrected chi connectivity index (χ0v) is 17.0. The van der Waals surface area contributed by atoms with Crippen molar-refractivity contribution in [2.75, 3.05) is 26.7 Å². The van der Waals surface area contributed by atoms with Crippen molar-refractivity contribution in [3.05, 3.63) is 70.4 Å². The maximum absolute atomic E-state index is 13.2. The van der Waals surface area contributed by atoms with E-state index in [0.29, 0.717) is 13.1 Å². The first-order valence-electron chi connectivity index (χ1n) is 9.43. The zero-order chi connectivity index (χ0) is 20.0. The fraction of sp³-hybridized carbons (Fsp3) is 0.455. The van der Waals surface area contributed by atoms with Gasteiger partial charge in [0.1, 0.15) is 5.82 Å². The highest BCUT2D eigenvalue weighted by molar-refractivity contribution is 5.34. The van der Waals surface area contributed by atoms with Gasteiger partial charge in [0.2, 0.25) is 0 Å². The van der Waals surface area contributed by atoms with E-state index in [2.05, 4.69) is 41.4 Å². The smallest absolute Gasteiger partial charge is 0.123 e. The van der Waals surface area contributed by atoms with Gasteiger partial charge in [0.25, 0.3) is 0 Å². The first-order valence-corrected chi connectivity index (χ1v) is 9.43. The molecule has 27 heavy (non-hydrogen) atoms. The zero-order valence-electron chi connectivity index (χ0n) is 17.0. The third-order valence-corrected chi connectivity index (χ3v) is 5.12. The molecule has 2 rings (SSSR count). The van der Waals surface area contributed by atoms with Crippen LogP contribution in [0.25, 0.3) is 0 Å². The average Bonchev–Trinajstić information content (AvgIpc) is 2.87. The molecule has 5 heteroatoms. The van der Waals surface area contributed by atoms with Crippen molar-refractivity contribution in [1.82, 2.24) is 14.8 Å². The molecule has 1 aromatic carbocycles.